The van der Waals surface area contributed by atoms with Gasteiger partial charge in [-0.3, -0.25) is 4.79 Å². The van der Waals surface area contributed by atoms with Crippen molar-refractivity contribution in [2.75, 3.05) is 0 Å². The second-order valence-corrected chi connectivity index (χ2v) is 2.58. The van der Waals surface area contributed by atoms with Crippen molar-refractivity contribution in [1.82, 2.24) is 0 Å². The van der Waals surface area contributed by atoms with Gasteiger partial charge in [0.1, 0.15) is 5.75 Å². The van der Waals surface area contributed by atoms with Crippen molar-refractivity contribution in [1.29, 1.82) is 0 Å². The van der Waals surface area contributed by atoms with Crippen LogP contribution in [0.2, 0.25) is 0 Å². The normalized spacial score (nSPS) is 9.55. The first-order chi connectivity index (χ1) is 5.20. The summed E-state index contributed by atoms with van der Waals surface area (Å²) in [5.41, 5.74) is 0.563. The number of carbonyl (C=O) groups is 1. The van der Waals surface area contributed by atoms with Gasteiger partial charge in [-0.1, -0.05) is 18.2 Å². The summed E-state index contributed by atoms with van der Waals surface area (Å²) in [6.07, 6.45) is 0.0776. The molecule has 1 aromatic carbocycles. The van der Waals surface area contributed by atoms with Crippen LogP contribution in [0.15, 0.2) is 24.3 Å². The standard InChI is InChI=1S/C8H7ClO2/c9-8(11)5-6-3-1-2-4-7(6)10/h1-4,10H,5H2. The first-order valence-corrected chi connectivity index (χ1v) is 3.53. The van der Waals surface area contributed by atoms with Gasteiger partial charge in [-0.2, -0.15) is 0 Å². The molecule has 3 heteroatoms. The molecule has 58 valence electrons. The lowest BCUT2D eigenvalue weighted by molar-refractivity contribution is -0.111. The molecule has 1 aromatic rings. The van der Waals surface area contributed by atoms with Gasteiger partial charge in [0.15, 0.2) is 0 Å². The predicted octanol–water partition coefficient (Wildman–Crippen LogP) is 1.70. The van der Waals surface area contributed by atoms with E-state index in [1.165, 1.54) is 6.07 Å². The predicted molar refractivity (Wildman–Crippen MR) is 42.7 cm³/mol. The Labute approximate surface area is 69.4 Å². The summed E-state index contributed by atoms with van der Waals surface area (Å²) in [4.78, 5) is 10.4. The molecule has 1 rings (SSSR count). The van der Waals surface area contributed by atoms with Gasteiger partial charge in [-0.25, -0.2) is 0 Å². The van der Waals surface area contributed by atoms with Crippen molar-refractivity contribution in [2.24, 2.45) is 0 Å². The molecule has 0 aromatic heterocycles. The number of benzene rings is 1. The highest BCUT2D eigenvalue weighted by Crippen LogP contribution is 2.16. The van der Waals surface area contributed by atoms with E-state index >= 15 is 0 Å². The van der Waals surface area contributed by atoms with E-state index in [1.807, 2.05) is 0 Å². The topological polar surface area (TPSA) is 37.3 Å². The lowest BCUT2D eigenvalue weighted by atomic mass is 10.1. The molecule has 0 fully saturated rings. The Morgan fingerprint density at radius 1 is 1.45 bits per heavy atom. The summed E-state index contributed by atoms with van der Waals surface area (Å²) < 4.78 is 0. The Bertz CT molecular complexity index is 271. The van der Waals surface area contributed by atoms with Crippen LogP contribution in [-0.2, 0) is 11.2 Å². The maximum Gasteiger partial charge on any atom is 0.226 e. The van der Waals surface area contributed by atoms with Gasteiger partial charge in [-0.05, 0) is 17.7 Å². The third-order valence-electron chi connectivity index (χ3n) is 1.32. The second kappa shape index (κ2) is 3.39. The van der Waals surface area contributed by atoms with Crippen molar-refractivity contribution in [3.63, 3.8) is 0 Å². The molecule has 1 N–H and O–H groups in total. The largest absolute Gasteiger partial charge is 0.508 e. The van der Waals surface area contributed by atoms with Crippen molar-refractivity contribution in [3.05, 3.63) is 29.8 Å². The number of phenolic OH excluding ortho intramolecular Hbond substituents is 1. The number of hydrogen-bond donors (Lipinski definition) is 1. The minimum Gasteiger partial charge on any atom is -0.508 e. The third kappa shape index (κ3) is 2.24. The van der Waals surface area contributed by atoms with Crippen LogP contribution in [0.4, 0.5) is 0 Å². The highest BCUT2D eigenvalue weighted by atomic mass is 35.5. The number of phenols is 1. The summed E-state index contributed by atoms with van der Waals surface area (Å²) in [5.74, 6) is 0.113. The molecule has 0 amide bonds. The summed E-state index contributed by atoms with van der Waals surface area (Å²) in [6, 6.07) is 6.62. The number of para-hydroxylation sites is 1. The van der Waals surface area contributed by atoms with Crippen molar-refractivity contribution >= 4 is 16.8 Å². The SMILES string of the molecule is O=C(Cl)Cc1ccccc1O. The van der Waals surface area contributed by atoms with E-state index in [1.54, 1.807) is 18.2 Å². The molecule has 0 aliphatic rings. The molecular formula is C8H7ClO2. The van der Waals surface area contributed by atoms with E-state index in [9.17, 15) is 4.79 Å². The van der Waals surface area contributed by atoms with Crippen LogP contribution in [0.3, 0.4) is 0 Å². The van der Waals surface area contributed by atoms with Crippen molar-refractivity contribution < 1.29 is 9.90 Å². The monoisotopic (exact) mass is 170 g/mol. The number of rotatable bonds is 2. The number of carbonyl (C=O) groups excluding carboxylic acids is 1. The molecule has 11 heavy (non-hydrogen) atoms. The fourth-order valence-corrected chi connectivity index (χ4v) is 0.954. The minimum absolute atomic E-state index is 0.0776. The maximum absolute atomic E-state index is 10.4. The Morgan fingerprint density at radius 2 is 2.09 bits per heavy atom. The van der Waals surface area contributed by atoms with Gasteiger partial charge in [0.25, 0.3) is 0 Å². The average Bonchev–Trinajstić information content (AvgIpc) is 1.93. The molecule has 0 unspecified atom stereocenters. The van der Waals surface area contributed by atoms with Crippen LogP contribution in [0, 0.1) is 0 Å². The first kappa shape index (κ1) is 8.08. The molecule has 0 radical (unpaired) electrons. The fraction of sp³-hybridized carbons (Fsp3) is 0.125. The van der Waals surface area contributed by atoms with Crippen LogP contribution in [-0.4, -0.2) is 10.3 Å². The molecule has 0 aliphatic carbocycles. The summed E-state index contributed by atoms with van der Waals surface area (Å²) in [7, 11) is 0. The molecule has 0 aliphatic heterocycles. The third-order valence-corrected chi connectivity index (χ3v) is 1.45. The molecule has 0 bridgehead atoms. The Kier molecular flexibility index (Phi) is 2.49. The van der Waals surface area contributed by atoms with E-state index in [0.29, 0.717) is 5.56 Å². The van der Waals surface area contributed by atoms with Gasteiger partial charge >= 0.3 is 0 Å². The van der Waals surface area contributed by atoms with Gasteiger partial charge in [0.05, 0.1) is 6.42 Å². The van der Waals surface area contributed by atoms with E-state index in [0.717, 1.165) is 0 Å². The minimum atomic E-state index is -0.466. The van der Waals surface area contributed by atoms with Crippen molar-refractivity contribution in [3.8, 4) is 5.75 Å². The van der Waals surface area contributed by atoms with E-state index in [-0.39, 0.29) is 12.2 Å². The molecule has 0 saturated carbocycles. The van der Waals surface area contributed by atoms with Crippen LogP contribution < -0.4 is 0 Å². The Morgan fingerprint density at radius 3 is 2.64 bits per heavy atom. The number of halogens is 1. The summed E-state index contributed by atoms with van der Waals surface area (Å²) >= 11 is 5.13. The molecule has 0 saturated heterocycles. The smallest absolute Gasteiger partial charge is 0.226 e. The zero-order valence-corrected chi connectivity index (χ0v) is 6.51. The molecule has 0 atom stereocenters. The molecule has 2 nitrogen and oxygen atoms in total. The van der Waals surface area contributed by atoms with Gasteiger partial charge in [-0.15, -0.1) is 0 Å². The van der Waals surface area contributed by atoms with Gasteiger partial charge < -0.3 is 5.11 Å². The van der Waals surface area contributed by atoms with E-state index in [4.69, 9.17) is 16.7 Å². The van der Waals surface area contributed by atoms with Gasteiger partial charge in [0, 0.05) is 5.56 Å². The lowest BCUT2D eigenvalue weighted by Gasteiger charge is -1.98. The fourth-order valence-electron chi connectivity index (χ4n) is 0.810. The quantitative estimate of drug-likeness (QED) is 0.686. The van der Waals surface area contributed by atoms with Crippen molar-refractivity contribution in [2.45, 2.75) is 6.42 Å². The highest BCUT2D eigenvalue weighted by molar-refractivity contribution is 6.63. The number of aromatic hydroxyl groups is 1. The molecule has 0 spiro atoms. The summed E-state index contributed by atoms with van der Waals surface area (Å²) in [6.45, 7) is 0. The van der Waals surface area contributed by atoms with Crippen LogP contribution in [0.25, 0.3) is 0 Å². The zero-order chi connectivity index (χ0) is 8.27. The maximum atomic E-state index is 10.4. The van der Waals surface area contributed by atoms with E-state index < -0.39 is 5.24 Å². The van der Waals surface area contributed by atoms with Crippen LogP contribution >= 0.6 is 11.6 Å². The summed E-state index contributed by atoms with van der Waals surface area (Å²) in [5, 5.41) is 8.68. The van der Waals surface area contributed by atoms with Gasteiger partial charge in [0.2, 0.25) is 5.24 Å². The molecule has 0 heterocycles. The molecular weight excluding hydrogens is 164 g/mol. The number of hydrogen-bond acceptors (Lipinski definition) is 2. The average molecular weight is 171 g/mol. The highest BCUT2D eigenvalue weighted by Gasteiger charge is 2.02. The zero-order valence-electron chi connectivity index (χ0n) is 5.75. The Balaban J connectivity index is 2.86. The van der Waals surface area contributed by atoms with Crippen LogP contribution in [0.1, 0.15) is 5.56 Å². The Hall–Kier alpha value is -1.02. The first-order valence-electron chi connectivity index (χ1n) is 3.15. The van der Waals surface area contributed by atoms with E-state index in [2.05, 4.69) is 0 Å². The second-order valence-electron chi connectivity index (χ2n) is 2.16. The van der Waals surface area contributed by atoms with Crippen LogP contribution in [0.5, 0.6) is 5.75 Å². The lowest BCUT2D eigenvalue weighted by Crippen LogP contribution is -1.92.